The number of aliphatic imine (C=N–C) groups is 2. The Hall–Kier alpha value is -5.24. The van der Waals surface area contributed by atoms with Crippen LogP contribution in [0.4, 0.5) is 0 Å². The molecule has 8 nitrogen and oxygen atoms in total. The number of rotatable bonds is 6. The third-order valence-electron chi connectivity index (χ3n) is 7.46. The minimum atomic E-state index is -0.244. The van der Waals surface area contributed by atoms with E-state index >= 15 is 0 Å². The molecular formula is C36H32N6O2. The van der Waals surface area contributed by atoms with Crippen LogP contribution in [0.2, 0.25) is 0 Å². The van der Waals surface area contributed by atoms with E-state index in [2.05, 4.69) is 46.4 Å². The van der Waals surface area contributed by atoms with E-state index in [0.717, 1.165) is 33.5 Å². The van der Waals surface area contributed by atoms with Crippen molar-refractivity contribution in [3.05, 3.63) is 108 Å². The number of pyridine rings is 2. The van der Waals surface area contributed by atoms with Crippen molar-refractivity contribution in [1.29, 1.82) is 0 Å². The second kappa shape index (κ2) is 10.8. The Kier molecular flexibility index (Phi) is 6.77. The normalized spacial score (nSPS) is 16.5. The molecule has 0 aliphatic carbocycles. The molecule has 7 rings (SSSR count). The van der Waals surface area contributed by atoms with Crippen LogP contribution in [-0.2, 0) is 9.47 Å². The van der Waals surface area contributed by atoms with Crippen LogP contribution in [0, 0.1) is 0 Å². The Labute approximate surface area is 256 Å². The summed E-state index contributed by atoms with van der Waals surface area (Å²) < 4.78 is 11.6. The minimum Gasteiger partial charge on any atom is -0.475 e. The van der Waals surface area contributed by atoms with Crippen LogP contribution in [-0.4, -0.2) is 56.0 Å². The first-order chi connectivity index (χ1) is 21.2. The van der Waals surface area contributed by atoms with Gasteiger partial charge in [-0.25, -0.2) is 20.0 Å². The lowest BCUT2D eigenvalue weighted by Crippen LogP contribution is -2.17. The molecule has 0 bridgehead atoms. The minimum absolute atomic E-state index is 0.240. The van der Waals surface area contributed by atoms with Crippen molar-refractivity contribution in [3.63, 3.8) is 0 Å². The maximum absolute atomic E-state index is 5.81. The third-order valence-corrected chi connectivity index (χ3v) is 7.46. The lowest BCUT2D eigenvalue weighted by molar-refractivity contribution is 0.279. The average molecular weight is 581 g/mol. The van der Waals surface area contributed by atoms with E-state index in [-0.39, 0.29) is 11.1 Å². The summed E-state index contributed by atoms with van der Waals surface area (Å²) in [5, 5.41) is 0. The van der Waals surface area contributed by atoms with Gasteiger partial charge in [0.05, 0.1) is 39.3 Å². The average Bonchev–Trinajstić information content (AvgIpc) is 3.62. The van der Waals surface area contributed by atoms with E-state index in [1.165, 1.54) is 0 Å². The van der Waals surface area contributed by atoms with Crippen molar-refractivity contribution in [1.82, 2.24) is 19.9 Å². The van der Waals surface area contributed by atoms with Gasteiger partial charge in [-0.05, 0) is 69.2 Å². The molecular weight excluding hydrogens is 548 g/mol. The summed E-state index contributed by atoms with van der Waals surface area (Å²) in [6.07, 6.45) is 3.54. The molecule has 5 aromatic rings. The summed E-state index contributed by atoms with van der Waals surface area (Å²) >= 11 is 0. The van der Waals surface area contributed by atoms with Gasteiger partial charge in [-0.3, -0.25) is 9.97 Å². The molecule has 8 heteroatoms. The highest BCUT2D eigenvalue weighted by Gasteiger charge is 2.28. The standard InChI is InChI=1S/C36H32N6O2/c1-35(2)21-43-33(41-35)26-14-16-28(37-19-26)31-18-30(25-12-10-24(11-13-25)23-8-6-5-7-9-23)39-32(40-31)29-17-15-27(20-38-29)34-42-36(3,4)22-44-34/h5-20H,21-22H2,1-4H3. The van der Waals surface area contributed by atoms with Crippen LogP contribution < -0.4 is 0 Å². The molecule has 2 aromatic carbocycles. The van der Waals surface area contributed by atoms with Crippen molar-refractivity contribution >= 4 is 11.8 Å². The van der Waals surface area contributed by atoms with Gasteiger partial charge in [0.1, 0.15) is 18.9 Å². The molecule has 44 heavy (non-hydrogen) atoms. The van der Waals surface area contributed by atoms with Gasteiger partial charge in [-0.15, -0.1) is 0 Å². The first kappa shape index (κ1) is 27.6. The fourth-order valence-corrected chi connectivity index (χ4v) is 5.09. The highest BCUT2D eigenvalue weighted by atomic mass is 16.5. The van der Waals surface area contributed by atoms with Crippen molar-refractivity contribution in [2.75, 3.05) is 13.2 Å². The van der Waals surface area contributed by atoms with E-state index in [0.29, 0.717) is 47.9 Å². The summed E-state index contributed by atoms with van der Waals surface area (Å²) in [6, 6.07) is 28.4. The van der Waals surface area contributed by atoms with Gasteiger partial charge >= 0.3 is 0 Å². The molecule has 0 spiro atoms. The first-order valence-corrected chi connectivity index (χ1v) is 14.7. The van der Waals surface area contributed by atoms with Gasteiger partial charge in [-0.2, -0.15) is 0 Å². The summed E-state index contributed by atoms with van der Waals surface area (Å²) in [5.74, 6) is 1.72. The summed E-state index contributed by atoms with van der Waals surface area (Å²) in [7, 11) is 0. The van der Waals surface area contributed by atoms with Gasteiger partial charge < -0.3 is 9.47 Å². The van der Waals surface area contributed by atoms with Gasteiger partial charge in [-0.1, -0.05) is 54.6 Å². The molecule has 0 saturated carbocycles. The second-order valence-corrected chi connectivity index (χ2v) is 12.3. The van der Waals surface area contributed by atoms with Crippen molar-refractivity contribution in [3.8, 4) is 45.3 Å². The molecule has 218 valence electrons. The number of nitrogens with zero attached hydrogens (tertiary/aromatic N) is 6. The maximum Gasteiger partial charge on any atom is 0.218 e. The van der Waals surface area contributed by atoms with Crippen LogP contribution in [0.25, 0.3) is 45.3 Å². The Morgan fingerprint density at radius 3 is 1.52 bits per heavy atom. The molecule has 0 fully saturated rings. The summed E-state index contributed by atoms with van der Waals surface area (Å²) in [6.45, 7) is 9.29. The van der Waals surface area contributed by atoms with E-state index in [9.17, 15) is 0 Å². The largest absolute Gasteiger partial charge is 0.475 e. The predicted octanol–water partition coefficient (Wildman–Crippen LogP) is 7.05. The zero-order chi connectivity index (χ0) is 30.3. The molecule has 2 aliphatic rings. The van der Waals surface area contributed by atoms with E-state index in [1.807, 2.05) is 76.2 Å². The lowest BCUT2D eigenvalue weighted by Gasteiger charge is -2.10. The van der Waals surface area contributed by atoms with E-state index in [1.54, 1.807) is 12.4 Å². The van der Waals surface area contributed by atoms with Crippen molar-refractivity contribution in [2.24, 2.45) is 9.98 Å². The van der Waals surface area contributed by atoms with Crippen LogP contribution in [0.1, 0.15) is 38.8 Å². The SMILES string of the molecule is CC1(C)COC(c2ccc(-c3cc(-c4ccc(-c5ccccc5)cc4)nc(-c4ccc(C5=NC(C)(C)CO5)cn4)n3)nc2)=N1. The predicted molar refractivity (Wildman–Crippen MR) is 173 cm³/mol. The number of ether oxygens (including phenoxy) is 2. The maximum atomic E-state index is 5.81. The monoisotopic (exact) mass is 580 g/mol. The highest BCUT2D eigenvalue weighted by molar-refractivity contribution is 5.96. The van der Waals surface area contributed by atoms with E-state index in [4.69, 9.17) is 29.4 Å². The topological polar surface area (TPSA) is 94.7 Å². The van der Waals surface area contributed by atoms with Gasteiger partial charge in [0.25, 0.3) is 0 Å². The van der Waals surface area contributed by atoms with E-state index < -0.39 is 0 Å². The van der Waals surface area contributed by atoms with Crippen LogP contribution in [0.3, 0.4) is 0 Å². The molecule has 5 heterocycles. The molecule has 2 aliphatic heterocycles. The third kappa shape index (κ3) is 5.71. The zero-order valence-corrected chi connectivity index (χ0v) is 25.2. The Morgan fingerprint density at radius 2 is 1.00 bits per heavy atom. The quantitative estimate of drug-likeness (QED) is 0.214. The molecule has 0 amide bonds. The fraction of sp³-hybridized carbons (Fsp3) is 0.222. The first-order valence-electron chi connectivity index (χ1n) is 14.7. The number of hydrogen-bond acceptors (Lipinski definition) is 8. The van der Waals surface area contributed by atoms with Gasteiger partial charge in [0, 0.05) is 18.0 Å². The van der Waals surface area contributed by atoms with Gasteiger partial charge in [0.15, 0.2) is 5.82 Å². The number of aromatic nitrogens is 4. The lowest BCUT2D eigenvalue weighted by atomic mass is 10.0. The van der Waals surface area contributed by atoms with Crippen LogP contribution in [0.15, 0.2) is 107 Å². The molecule has 0 N–H and O–H groups in total. The molecule has 0 saturated heterocycles. The zero-order valence-electron chi connectivity index (χ0n) is 25.2. The van der Waals surface area contributed by atoms with Crippen LogP contribution in [0.5, 0.6) is 0 Å². The summed E-state index contributed by atoms with van der Waals surface area (Å²) in [5.41, 5.74) is 7.26. The number of hydrogen-bond donors (Lipinski definition) is 0. The smallest absolute Gasteiger partial charge is 0.218 e. The molecule has 0 unspecified atom stereocenters. The second-order valence-electron chi connectivity index (χ2n) is 12.3. The molecule has 3 aromatic heterocycles. The van der Waals surface area contributed by atoms with Gasteiger partial charge in [0.2, 0.25) is 11.8 Å². The Morgan fingerprint density at radius 1 is 0.500 bits per heavy atom. The molecule has 0 atom stereocenters. The Bertz CT molecular complexity index is 1780. The van der Waals surface area contributed by atoms with Crippen molar-refractivity contribution in [2.45, 2.75) is 38.8 Å². The van der Waals surface area contributed by atoms with Crippen molar-refractivity contribution < 1.29 is 9.47 Å². The number of benzene rings is 2. The highest BCUT2D eigenvalue weighted by Crippen LogP contribution is 2.29. The Balaban J connectivity index is 1.26. The molecule has 0 radical (unpaired) electrons. The van der Waals surface area contributed by atoms with Crippen LogP contribution >= 0.6 is 0 Å². The fourth-order valence-electron chi connectivity index (χ4n) is 5.09. The summed E-state index contributed by atoms with van der Waals surface area (Å²) in [4.78, 5) is 28.6.